The number of fused-ring (bicyclic) bond motifs is 1. The van der Waals surface area contributed by atoms with Crippen LogP contribution in [0.15, 0.2) is 16.3 Å². The predicted molar refractivity (Wildman–Crippen MR) is 63.6 cm³/mol. The van der Waals surface area contributed by atoms with Crippen LogP contribution in [0, 0.1) is 12.8 Å². The van der Waals surface area contributed by atoms with Gasteiger partial charge in [0.1, 0.15) is 0 Å². The number of hydrogen-bond acceptors (Lipinski definition) is 6. The Kier molecular flexibility index (Phi) is 4.30. The zero-order valence-electron chi connectivity index (χ0n) is 12.0. The Morgan fingerprint density at radius 2 is 2.29 bits per heavy atom. The first kappa shape index (κ1) is 16.2. The van der Waals surface area contributed by atoms with Crippen LogP contribution in [0.4, 0.5) is 0 Å². The summed E-state index contributed by atoms with van der Waals surface area (Å²) in [6.45, 7) is 3.25. The van der Waals surface area contributed by atoms with Crippen LogP contribution in [0.3, 0.4) is 0 Å². The number of nitrogens with zero attached hydrogens (tertiary/aromatic N) is 2. The van der Waals surface area contributed by atoms with Crippen LogP contribution in [-0.2, 0) is 9.59 Å². The van der Waals surface area contributed by atoms with Crippen LogP contribution >= 0.6 is 0 Å². The van der Waals surface area contributed by atoms with E-state index in [2.05, 4.69) is 5.16 Å². The number of aliphatic hydroxyl groups is 1. The van der Waals surface area contributed by atoms with E-state index in [9.17, 15) is 19.8 Å². The van der Waals surface area contributed by atoms with E-state index in [4.69, 9.17) is 4.52 Å². The van der Waals surface area contributed by atoms with E-state index in [1.807, 2.05) is 0 Å². The van der Waals surface area contributed by atoms with Gasteiger partial charge in [-0.2, -0.15) is 0 Å². The number of amides is 1. The Bertz CT molecular complexity index is 636. The minimum absolute atomic E-state index is 0. The van der Waals surface area contributed by atoms with Crippen molar-refractivity contribution in [2.75, 3.05) is 0 Å². The second-order valence-electron chi connectivity index (χ2n) is 5.19. The number of hydrogen-bond donors (Lipinski definition) is 1. The normalized spacial score (nSPS) is 25.3. The number of rotatable bonds is 3. The molecule has 0 radical (unpaired) electrons. The number of carboxylic acids is 1. The summed E-state index contributed by atoms with van der Waals surface area (Å²) >= 11 is 0. The van der Waals surface area contributed by atoms with Crippen molar-refractivity contribution >= 4 is 17.4 Å². The van der Waals surface area contributed by atoms with E-state index in [1.54, 1.807) is 13.0 Å². The smallest absolute Gasteiger partial charge is 0.543 e. The van der Waals surface area contributed by atoms with Gasteiger partial charge >= 0.3 is 29.6 Å². The number of β-lactam (4-membered cyclic amide) rings is 1. The third kappa shape index (κ3) is 2.34. The molecule has 1 fully saturated rings. The maximum Gasteiger partial charge on any atom is 1.00 e. The summed E-state index contributed by atoms with van der Waals surface area (Å²) in [5.41, 5.74) is 0.845. The molecule has 1 amide bonds. The van der Waals surface area contributed by atoms with E-state index in [-0.39, 0.29) is 41.3 Å². The molecule has 0 spiro atoms. The summed E-state index contributed by atoms with van der Waals surface area (Å²) < 4.78 is 5.08. The van der Waals surface area contributed by atoms with Crippen molar-refractivity contribution in [2.45, 2.75) is 32.4 Å². The molecule has 3 rings (SSSR count). The molecule has 106 valence electrons. The van der Waals surface area contributed by atoms with Crippen LogP contribution in [0.1, 0.15) is 24.8 Å². The standard InChI is InChI=1S/C13H14N2O5.Na/c1-5-3-9(20-14-5)7-4-8-10(6(2)16)12(17)15(8)11(7)13(18)19;/h3,6,8,10,16H,4H2,1-2H3,(H,18,19);/q;+1/p-1/t6-,8-,10-;/m1./s1. The van der Waals surface area contributed by atoms with E-state index >= 15 is 0 Å². The van der Waals surface area contributed by atoms with Crippen LogP contribution in [-0.4, -0.2) is 39.2 Å². The maximum atomic E-state index is 12.0. The van der Waals surface area contributed by atoms with E-state index in [0.29, 0.717) is 23.4 Å². The molecule has 1 saturated heterocycles. The van der Waals surface area contributed by atoms with Gasteiger partial charge in [-0.05, 0) is 13.8 Å². The van der Waals surface area contributed by atoms with Gasteiger partial charge in [-0.25, -0.2) is 0 Å². The van der Waals surface area contributed by atoms with Gasteiger partial charge in [0.15, 0.2) is 5.76 Å². The van der Waals surface area contributed by atoms with Crippen molar-refractivity contribution in [1.29, 1.82) is 0 Å². The van der Waals surface area contributed by atoms with E-state index < -0.39 is 23.9 Å². The molecular formula is C13H13N2NaO5. The fourth-order valence-corrected chi connectivity index (χ4v) is 2.99. The third-order valence-corrected chi connectivity index (χ3v) is 3.85. The molecule has 3 atom stereocenters. The molecule has 21 heavy (non-hydrogen) atoms. The fraction of sp³-hybridized carbons (Fsp3) is 0.462. The average Bonchev–Trinajstić information content (AvgIpc) is 2.90. The first-order chi connectivity index (χ1) is 9.41. The summed E-state index contributed by atoms with van der Waals surface area (Å²) in [4.78, 5) is 24.5. The van der Waals surface area contributed by atoms with Crippen molar-refractivity contribution in [1.82, 2.24) is 10.1 Å². The zero-order chi connectivity index (χ0) is 14.6. The Morgan fingerprint density at radius 3 is 2.76 bits per heavy atom. The third-order valence-electron chi connectivity index (χ3n) is 3.85. The minimum Gasteiger partial charge on any atom is -0.543 e. The Balaban J connectivity index is 0.00000161. The van der Waals surface area contributed by atoms with Gasteiger partial charge in [-0.15, -0.1) is 0 Å². The van der Waals surface area contributed by atoms with Gasteiger partial charge in [0, 0.05) is 18.1 Å². The molecular weight excluding hydrogens is 287 g/mol. The van der Waals surface area contributed by atoms with E-state index in [0.717, 1.165) is 0 Å². The molecule has 0 unspecified atom stereocenters. The first-order valence-corrected chi connectivity index (χ1v) is 6.31. The number of carbonyl (C=O) groups excluding carboxylic acids is 2. The summed E-state index contributed by atoms with van der Waals surface area (Å²) in [5, 5.41) is 24.7. The van der Waals surface area contributed by atoms with Gasteiger partial charge in [-0.1, -0.05) is 5.16 Å². The first-order valence-electron chi connectivity index (χ1n) is 6.31. The van der Waals surface area contributed by atoms with Gasteiger partial charge in [-0.3, -0.25) is 4.79 Å². The number of aliphatic hydroxyl groups excluding tert-OH is 1. The molecule has 1 aromatic rings. The van der Waals surface area contributed by atoms with Crippen LogP contribution < -0.4 is 34.7 Å². The van der Waals surface area contributed by atoms with Crippen molar-refractivity contribution in [2.24, 2.45) is 5.92 Å². The number of carboxylic acid groups (broad SMARTS) is 1. The van der Waals surface area contributed by atoms with Crippen molar-refractivity contribution < 1.29 is 53.9 Å². The Labute approximate surface area is 142 Å². The molecule has 2 aliphatic heterocycles. The fourth-order valence-electron chi connectivity index (χ4n) is 2.99. The number of aliphatic carboxylic acids is 1. The van der Waals surface area contributed by atoms with E-state index in [1.165, 1.54) is 11.8 Å². The van der Waals surface area contributed by atoms with Crippen LogP contribution in [0.5, 0.6) is 0 Å². The Hall–Kier alpha value is -1.15. The summed E-state index contributed by atoms with van der Waals surface area (Å²) in [7, 11) is 0. The second kappa shape index (κ2) is 5.57. The SMILES string of the molecule is Cc1cc(C2=C(C(=O)[O-])N3C(=O)[C@H]([C@@H](C)O)[C@H]3C2)on1.[Na+]. The van der Waals surface area contributed by atoms with Gasteiger partial charge < -0.3 is 24.4 Å². The molecule has 0 saturated carbocycles. The van der Waals surface area contributed by atoms with Gasteiger partial charge in [0.05, 0.1) is 35.4 Å². The molecule has 3 heterocycles. The summed E-state index contributed by atoms with van der Waals surface area (Å²) in [6, 6.07) is 1.27. The molecule has 0 aliphatic carbocycles. The minimum atomic E-state index is -1.42. The second-order valence-corrected chi connectivity index (χ2v) is 5.19. The maximum absolute atomic E-state index is 12.0. The monoisotopic (exact) mass is 300 g/mol. The number of aryl methyl sites for hydroxylation is 1. The number of carbonyl (C=O) groups is 2. The quantitative estimate of drug-likeness (QED) is 0.451. The molecule has 7 nitrogen and oxygen atoms in total. The molecule has 0 aromatic carbocycles. The predicted octanol–water partition coefficient (Wildman–Crippen LogP) is -3.94. The molecule has 0 bridgehead atoms. The molecule has 1 aromatic heterocycles. The average molecular weight is 300 g/mol. The van der Waals surface area contributed by atoms with Crippen LogP contribution in [0.2, 0.25) is 0 Å². The largest absolute Gasteiger partial charge is 1.00 e. The summed E-state index contributed by atoms with van der Waals surface area (Å²) in [5.74, 6) is -2.07. The molecule has 1 N–H and O–H groups in total. The summed E-state index contributed by atoms with van der Waals surface area (Å²) in [6.07, 6.45) is -0.498. The molecule has 8 heteroatoms. The van der Waals surface area contributed by atoms with Gasteiger partial charge in [0.25, 0.3) is 0 Å². The molecule has 2 aliphatic rings. The number of aromatic nitrogens is 1. The van der Waals surface area contributed by atoms with Crippen molar-refractivity contribution in [3.05, 3.63) is 23.2 Å². The van der Waals surface area contributed by atoms with Crippen LogP contribution in [0.25, 0.3) is 5.57 Å². The van der Waals surface area contributed by atoms with Gasteiger partial charge in [0.2, 0.25) is 5.91 Å². The Morgan fingerprint density at radius 1 is 1.62 bits per heavy atom. The van der Waals surface area contributed by atoms with Crippen molar-refractivity contribution in [3.8, 4) is 0 Å². The zero-order valence-corrected chi connectivity index (χ0v) is 14.0. The topological polar surface area (TPSA) is 107 Å². The van der Waals surface area contributed by atoms with Crippen molar-refractivity contribution in [3.63, 3.8) is 0 Å².